The fourth-order valence-electron chi connectivity index (χ4n) is 1.79. The van der Waals surface area contributed by atoms with Gasteiger partial charge < -0.3 is 15.4 Å². The lowest BCUT2D eigenvalue weighted by atomic mass is 10.2. The Morgan fingerprint density at radius 1 is 1.41 bits per heavy atom. The molecule has 0 radical (unpaired) electrons. The Bertz CT molecular complexity index is 350. The molecule has 0 aromatic heterocycles. The van der Waals surface area contributed by atoms with Crippen molar-refractivity contribution in [1.29, 1.82) is 0 Å². The summed E-state index contributed by atoms with van der Waals surface area (Å²) in [6, 6.07) is 8.36. The van der Waals surface area contributed by atoms with Gasteiger partial charge in [0.25, 0.3) is 0 Å². The molecule has 1 aromatic rings. The minimum Gasteiger partial charge on any atom is -0.379 e. The van der Waals surface area contributed by atoms with Gasteiger partial charge >= 0.3 is 0 Å². The Kier molecular flexibility index (Phi) is 4.40. The lowest BCUT2D eigenvalue weighted by Crippen LogP contribution is -2.23. The number of hydrogen-bond acceptors (Lipinski definition) is 3. The van der Waals surface area contributed by atoms with Gasteiger partial charge in [0.05, 0.1) is 6.61 Å². The van der Waals surface area contributed by atoms with E-state index in [1.54, 1.807) is 0 Å². The molecule has 1 saturated carbocycles. The summed E-state index contributed by atoms with van der Waals surface area (Å²) in [5.74, 6) is 0.848. The second kappa shape index (κ2) is 6.03. The Balaban J connectivity index is 1.74. The smallest absolute Gasteiger partial charge is 0.0641 e. The van der Waals surface area contributed by atoms with Gasteiger partial charge in [-0.3, -0.25) is 0 Å². The van der Waals surface area contributed by atoms with Crippen molar-refractivity contribution in [2.24, 2.45) is 11.7 Å². The molecule has 1 aliphatic rings. The third-order valence-electron chi connectivity index (χ3n) is 3.21. The maximum Gasteiger partial charge on any atom is 0.0641 e. The van der Waals surface area contributed by atoms with E-state index in [4.69, 9.17) is 10.5 Å². The molecule has 1 fully saturated rings. The largest absolute Gasteiger partial charge is 0.379 e. The maximum atomic E-state index is 5.64. The molecule has 0 saturated heterocycles. The van der Waals surface area contributed by atoms with E-state index < -0.39 is 0 Å². The van der Waals surface area contributed by atoms with E-state index in [9.17, 15) is 0 Å². The van der Waals surface area contributed by atoms with Crippen molar-refractivity contribution in [2.45, 2.75) is 19.4 Å². The molecule has 0 spiro atoms. The first kappa shape index (κ1) is 12.4. The highest BCUT2D eigenvalue weighted by atomic mass is 16.5. The molecular formula is C14H22N2O. The molecule has 0 aliphatic heterocycles. The number of benzene rings is 1. The van der Waals surface area contributed by atoms with Crippen LogP contribution in [-0.4, -0.2) is 26.8 Å². The first-order valence-corrected chi connectivity index (χ1v) is 6.37. The zero-order chi connectivity index (χ0) is 12.1. The summed E-state index contributed by atoms with van der Waals surface area (Å²) in [6.45, 7) is 3.27. The normalized spacial score (nSPS) is 14.9. The third kappa shape index (κ3) is 4.02. The molecule has 0 bridgehead atoms. The second-order valence-electron chi connectivity index (χ2n) is 4.81. The monoisotopic (exact) mass is 234 g/mol. The molecule has 94 valence electrons. The van der Waals surface area contributed by atoms with Crippen molar-refractivity contribution < 1.29 is 4.74 Å². The number of anilines is 1. The van der Waals surface area contributed by atoms with Crippen molar-refractivity contribution in [3.8, 4) is 0 Å². The summed E-state index contributed by atoms with van der Waals surface area (Å²) in [6.07, 6.45) is 2.71. The van der Waals surface area contributed by atoms with Crippen LogP contribution in [0.4, 0.5) is 5.69 Å². The number of rotatable bonds is 7. The van der Waals surface area contributed by atoms with Gasteiger partial charge in [0, 0.05) is 32.4 Å². The molecule has 2 rings (SSSR count). The lowest BCUT2D eigenvalue weighted by Gasteiger charge is -2.19. The summed E-state index contributed by atoms with van der Waals surface area (Å²) < 4.78 is 5.64. The summed E-state index contributed by atoms with van der Waals surface area (Å²) in [4.78, 5) is 2.21. The van der Waals surface area contributed by atoms with Crippen molar-refractivity contribution in [2.75, 3.05) is 31.7 Å². The molecule has 0 heterocycles. The number of nitrogens with two attached hydrogens (primary N) is 1. The highest BCUT2D eigenvalue weighted by molar-refractivity contribution is 5.47. The van der Waals surface area contributed by atoms with E-state index >= 15 is 0 Å². The summed E-state index contributed by atoms with van der Waals surface area (Å²) in [5, 5.41) is 0. The van der Waals surface area contributed by atoms with Crippen LogP contribution in [0.15, 0.2) is 24.3 Å². The van der Waals surface area contributed by atoms with Crippen LogP contribution in [0, 0.1) is 5.92 Å². The highest BCUT2D eigenvalue weighted by Gasteiger charge is 2.20. The van der Waals surface area contributed by atoms with Crippen LogP contribution in [0.3, 0.4) is 0 Å². The lowest BCUT2D eigenvalue weighted by molar-refractivity contribution is 0.131. The Labute approximate surface area is 104 Å². The van der Waals surface area contributed by atoms with E-state index in [1.165, 1.54) is 24.1 Å². The highest BCUT2D eigenvalue weighted by Crippen LogP contribution is 2.28. The van der Waals surface area contributed by atoms with Gasteiger partial charge in [-0.25, -0.2) is 0 Å². The van der Waals surface area contributed by atoms with Gasteiger partial charge in [-0.2, -0.15) is 0 Å². The third-order valence-corrected chi connectivity index (χ3v) is 3.21. The van der Waals surface area contributed by atoms with Crippen molar-refractivity contribution in [1.82, 2.24) is 0 Å². The molecule has 1 aromatic carbocycles. The van der Waals surface area contributed by atoms with E-state index in [1.807, 2.05) is 0 Å². The first-order chi connectivity index (χ1) is 8.29. The average Bonchev–Trinajstić information content (AvgIpc) is 3.18. The predicted octanol–water partition coefficient (Wildman–Crippen LogP) is 2.01. The molecule has 0 amide bonds. The number of ether oxygens (including phenoxy) is 1. The Morgan fingerprint density at radius 3 is 2.94 bits per heavy atom. The van der Waals surface area contributed by atoms with E-state index in [-0.39, 0.29) is 0 Å². The quantitative estimate of drug-likeness (QED) is 0.733. The Hall–Kier alpha value is -1.06. The number of nitrogens with zero attached hydrogens (tertiary/aromatic N) is 1. The Morgan fingerprint density at radius 2 is 2.24 bits per heavy atom. The molecule has 0 atom stereocenters. The van der Waals surface area contributed by atoms with E-state index in [0.717, 1.165) is 25.7 Å². The minimum atomic E-state index is 0.597. The van der Waals surface area contributed by atoms with Crippen LogP contribution < -0.4 is 10.6 Å². The molecule has 1 aliphatic carbocycles. The van der Waals surface area contributed by atoms with Gasteiger partial charge in [0.2, 0.25) is 0 Å². The van der Waals surface area contributed by atoms with E-state index in [0.29, 0.717) is 6.54 Å². The maximum absolute atomic E-state index is 5.64. The van der Waals surface area contributed by atoms with Crippen LogP contribution in [0.25, 0.3) is 0 Å². The van der Waals surface area contributed by atoms with Crippen molar-refractivity contribution in [3.63, 3.8) is 0 Å². The SMILES string of the molecule is CN(CCOCC1CC1)c1cccc(CN)c1. The summed E-state index contributed by atoms with van der Waals surface area (Å²) >= 11 is 0. The molecule has 17 heavy (non-hydrogen) atoms. The van der Waals surface area contributed by atoms with Gasteiger partial charge in [-0.15, -0.1) is 0 Å². The van der Waals surface area contributed by atoms with Gasteiger partial charge in [-0.1, -0.05) is 12.1 Å². The van der Waals surface area contributed by atoms with Crippen molar-refractivity contribution in [3.05, 3.63) is 29.8 Å². The zero-order valence-corrected chi connectivity index (χ0v) is 10.6. The zero-order valence-electron chi connectivity index (χ0n) is 10.6. The van der Waals surface area contributed by atoms with Gasteiger partial charge in [0.1, 0.15) is 0 Å². The van der Waals surface area contributed by atoms with Gasteiger partial charge in [-0.05, 0) is 36.5 Å². The van der Waals surface area contributed by atoms with Crippen LogP contribution in [0.5, 0.6) is 0 Å². The fraction of sp³-hybridized carbons (Fsp3) is 0.571. The minimum absolute atomic E-state index is 0.597. The molecule has 3 heteroatoms. The van der Waals surface area contributed by atoms with Crippen LogP contribution in [-0.2, 0) is 11.3 Å². The molecule has 3 nitrogen and oxygen atoms in total. The first-order valence-electron chi connectivity index (χ1n) is 6.37. The predicted molar refractivity (Wildman–Crippen MR) is 71.1 cm³/mol. The molecule has 2 N–H and O–H groups in total. The van der Waals surface area contributed by atoms with Crippen molar-refractivity contribution >= 4 is 5.69 Å². The topological polar surface area (TPSA) is 38.5 Å². The van der Waals surface area contributed by atoms with Crippen LogP contribution >= 0.6 is 0 Å². The average molecular weight is 234 g/mol. The van der Waals surface area contributed by atoms with Crippen LogP contribution in [0.1, 0.15) is 18.4 Å². The second-order valence-corrected chi connectivity index (χ2v) is 4.81. The van der Waals surface area contributed by atoms with E-state index in [2.05, 4.69) is 36.2 Å². The van der Waals surface area contributed by atoms with Crippen LogP contribution in [0.2, 0.25) is 0 Å². The summed E-state index contributed by atoms with van der Waals surface area (Å²) in [5.41, 5.74) is 8.02. The standard InChI is InChI=1S/C14H22N2O/c1-16(7-8-17-11-12-5-6-12)14-4-2-3-13(9-14)10-15/h2-4,9,12H,5-8,10-11,15H2,1H3. The molecule has 0 unspecified atom stereocenters. The molecular weight excluding hydrogens is 212 g/mol. The number of likely N-dealkylation sites (N-methyl/N-ethyl adjacent to an activating group) is 1. The summed E-state index contributed by atoms with van der Waals surface area (Å²) in [7, 11) is 2.09. The van der Waals surface area contributed by atoms with Gasteiger partial charge in [0.15, 0.2) is 0 Å². The number of hydrogen-bond donors (Lipinski definition) is 1. The fourth-order valence-corrected chi connectivity index (χ4v) is 1.79.